The van der Waals surface area contributed by atoms with Crippen LogP contribution in [0, 0.1) is 0 Å². The first-order valence-electron chi connectivity index (χ1n) is 46.4. The Morgan fingerprint density at radius 1 is 0.171 bits per heavy atom. The van der Waals surface area contributed by atoms with Crippen molar-refractivity contribution in [1.29, 1.82) is 0 Å². The average molecular weight is 1880 g/mol. The quantitative estimate of drug-likeness (QED) is 0.135. The number of para-hydroxylation sites is 5. The van der Waals surface area contributed by atoms with Crippen LogP contribution in [0.4, 0.5) is 0 Å². The second-order valence-electron chi connectivity index (χ2n) is 34.4. The van der Waals surface area contributed by atoms with E-state index in [-0.39, 0.29) is 0 Å². The standard InChI is InChI=1S/4C25H16N2S.C24H15N3S/c1-2-7-23-19(5-1)20-12-13-24-21(14-16-28-24)25(20)27(23)18-10-8-17(9-11-18)22-6-3-4-15-26-22;1-2-6-17(7-3-1)18-10-13-24(26-16-18)27-22-9-5-4-8-19(22)20-11-12-23-21(25(20)27)14-15-28-23;1-2-6-17(7-3-1)22-12-10-18(16-26-22)27-23-9-5-4-8-19(23)20-11-13-24-21(25(20)27)14-15-28-24;1-2-6-17(7-3-1)18-12-14-26-24(16-18)27-22-9-5-4-8-19(22)20-10-11-23-21(25(20)27)13-15-28-23;1-2-6-21-17(4-1)18-8-9-22-19(12-15-28-22)24(18)27(21)23-7-3-5-20(26-23)16-10-13-25-14-11-16/h4*1-16H;1-15H. The van der Waals surface area contributed by atoms with Crippen LogP contribution < -0.4 is 0 Å². The Balaban J connectivity index is 0.0000000900. The number of benzene rings is 14. The van der Waals surface area contributed by atoms with Gasteiger partial charge in [-0.05, 0) is 220 Å². The maximum atomic E-state index is 5.02. The smallest absolute Gasteiger partial charge is 0.138 e. The summed E-state index contributed by atoms with van der Waals surface area (Å²) in [4.78, 5) is 28.0. The summed E-state index contributed by atoms with van der Waals surface area (Å²) in [7, 11) is 0. The summed E-state index contributed by atoms with van der Waals surface area (Å²) in [5, 5.41) is 30.0. The molecule has 0 amide bonds. The zero-order valence-corrected chi connectivity index (χ0v) is 79.2. The van der Waals surface area contributed by atoms with Gasteiger partial charge in [-0.1, -0.05) is 237 Å². The predicted octanol–water partition coefficient (Wildman–Crippen LogP) is 34.7. The molecular formula is C124H79N11S5. The molecule has 0 N–H and O–H groups in total. The van der Waals surface area contributed by atoms with Gasteiger partial charge in [-0.25, -0.2) is 15.0 Å². The summed E-state index contributed by atoms with van der Waals surface area (Å²) in [6.07, 6.45) is 11.3. The van der Waals surface area contributed by atoms with Gasteiger partial charge in [-0.2, -0.15) is 0 Å². The third-order valence-electron chi connectivity index (χ3n) is 26.6. The van der Waals surface area contributed by atoms with Crippen LogP contribution in [0.15, 0.2) is 477 Å². The van der Waals surface area contributed by atoms with Gasteiger partial charge in [0.1, 0.15) is 17.5 Å². The fourth-order valence-electron chi connectivity index (χ4n) is 20.3. The van der Waals surface area contributed by atoms with Gasteiger partial charge in [-0.15, -0.1) is 56.7 Å². The molecule has 0 aliphatic heterocycles. The minimum atomic E-state index is 0.930. The number of pyridine rings is 6. The SMILES string of the molecule is c1cc(-c2ccncc2)nc(-n2c3ccccc3c3ccc4sccc4c32)c1.c1ccc(-c2ccc(-n3c4ccccc4c4ccc5sccc5c43)cc2)nc1.c1ccc(-c2ccc(-n3c4ccccc4c4ccc5sccc5c43)cn2)cc1.c1ccc(-c2ccc(-n3c4ccccc4c4ccc5sccc5c43)nc2)cc1.c1ccc(-c2ccnc(-n3c4ccccc4c4ccc5sccc5c43)c2)cc1. The number of nitrogens with zero attached hydrogens (tertiary/aromatic N) is 11. The van der Waals surface area contributed by atoms with Gasteiger partial charge in [0.15, 0.2) is 0 Å². The number of rotatable bonds is 10. The van der Waals surface area contributed by atoms with Crippen LogP contribution in [0.5, 0.6) is 0 Å². The molecule has 140 heavy (non-hydrogen) atoms. The number of hydrogen-bond acceptors (Lipinski definition) is 11. The van der Waals surface area contributed by atoms with Crippen molar-refractivity contribution in [3.63, 3.8) is 0 Å². The summed E-state index contributed by atoms with van der Waals surface area (Å²) < 4.78 is 18.2. The maximum Gasteiger partial charge on any atom is 0.138 e. The molecule has 16 heterocycles. The number of thiophene rings is 5. The van der Waals surface area contributed by atoms with Crippen molar-refractivity contribution >= 4 is 216 Å². The van der Waals surface area contributed by atoms with Crippen LogP contribution in [0.25, 0.3) is 244 Å². The Kier molecular flexibility index (Phi) is 21.3. The van der Waals surface area contributed by atoms with E-state index in [0.29, 0.717) is 0 Å². The van der Waals surface area contributed by atoms with Crippen molar-refractivity contribution in [3.8, 4) is 84.9 Å². The van der Waals surface area contributed by atoms with Gasteiger partial charge in [-0.3, -0.25) is 28.7 Å². The van der Waals surface area contributed by atoms with Crippen LogP contribution in [0.3, 0.4) is 0 Å². The van der Waals surface area contributed by atoms with Crippen molar-refractivity contribution in [2.45, 2.75) is 0 Å². The highest BCUT2D eigenvalue weighted by atomic mass is 32.1. The summed E-state index contributed by atoms with van der Waals surface area (Å²) in [5.41, 5.74) is 25.5. The molecule has 0 spiro atoms. The third kappa shape index (κ3) is 14.7. The van der Waals surface area contributed by atoms with Crippen molar-refractivity contribution in [3.05, 3.63) is 477 Å². The van der Waals surface area contributed by atoms with E-state index >= 15 is 0 Å². The van der Waals surface area contributed by atoms with Crippen LogP contribution in [0.1, 0.15) is 0 Å². The Morgan fingerprint density at radius 3 is 0.964 bits per heavy atom. The Hall–Kier alpha value is -17.2. The van der Waals surface area contributed by atoms with Gasteiger partial charge in [0.05, 0.1) is 84.1 Å². The second-order valence-corrected chi connectivity index (χ2v) is 39.2. The Morgan fingerprint density at radius 2 is 0.529 bits per heavy atom. The molecule has 0 aliphatic rings. The summed E-state index contributed by atoms with van der Waals surface area (Å²) in [5.74, 6) is 2.83. The van der Waals surface area contributed by atoms with Gasteiger partial charge < -0.3 is 9.13 Å². The zero-order valence-electron chi connectivity index (χ0n) is 75.1. The highest BCUT2D eigenvalue weighted by molar-refractivity contribution is 7.18. The van der Waals surface area contributed by atoms with Crippen molar-refractivity contribution in [1.82, 2.24) is 52.7 Å². The van der Waals surface area contributed by atoms with E-state index < -0.39 is 0 Å². The summed E-state index contributed by atoms with van der Waals surface area (Å²) in [6, 6.07) is 145. The van der Waals surface area contributed by atoms with E-state index in [2.05, 4.69) is 405 Å². The Bertz CT molecular complexity index is 9110. The minimum Gasteiger partial charge on any atom is -0.309 e. The van der Waals surface area contributed by atoms with E-state index in [4.69, 9.17) is 19.9 Å². The molecule has 16 heteroatoms. The molecule has 0 bridgehead atoms. The van der Waals surface area contributed by atoms with E-state index in [1.165, 1.54) is 182 Å². The fraction of sp³-hybridized carbons (Fsp3) is 0. The number of hydrogen-bond donors (Lipinski definition) is 0. The van der Waals surface area contributed by atoms with Crippen LogP contribution in [-0.4, -0.2) is 52.7 Å². The van der Waals surface area contributed by atoms with Gasteiger partial charge in [0.25, 0.3) is 0 Å². The first kappa shape index (κ1) is 83.4. The number of aromatic nitrogens is 11. The maximum absolute atomic E-state index is 5.02. The molecule has 11 nitrogen and oxygen atoms in total. The zero-order chi connectivity index (χ0) is 92.5. The lowest BCUT2D eigenvalue weighted by atomic mass is 10.1. The monoisotopic (exact) mass is 1880 g/mol. The molecule has 0 aliphatic carbocycles. The largest absolute Gasteiger partial charge is 0.309 e. The molecule has 660 valence electrons. The highest BCUT2D eigenvalue weighted by Gasteiger charge is 2.24. The topological polar surface area (TPSA) is 102 Å². The van der Waals surface area contributed by atoms with Gasteiger partial charge in [0, 0.05) is 163 Å². The molecule has 0 fully saturated rings. The van der Waals surface area contributed by atoms with Crippen LogP contribution in [-0.2, 0) is 0 Å². The highest BCUT2D eigenvalue weighted by Crippen LogP contribution is 2.46. The van der Waals surface area contributed by atoms with E-state index in [1.807, 2.05) is 91.5 Å². The van der Waals surface area contributed by atoms with E-state index in [9.17, 15) is 0 Å². The molecule has 14 aromatic carbocycles. The lowest BCUT2D eigenvalue weighted by Crippen LogP contribution is -1.98. The average Bonchev–Trinajstić information content (AvgIpc) is 1.62. The molecule has 0 unspecified atom stereocenters. The molecule has 0 radical (unpaired) electrons. The Labute approximate surface area is 823 Å². The van der Waals surface area contributed by atoms with Crippen molar-refractivity contribution in [2.24, 2.45) is 0 Å². The first-order chi connectivity index (χ1) is 69.5. The van der Waals surface area contributed by atoms with Crippen molar-refractivity contribution in [2.75, 3.05) is 0 Å². The second kappa shape index (κ2) is 35.8. The lowest BCUT2D eigenvalue weighted by molar-refractivity contribution is 1.08. The molecule has 30 rings (SSSR count). The van der Waals surface area contributed by atoms with E-state index in [1.54, 1.807) is 69.1 Å². The van der Waals surface area contributed by atoms with Crippen LogP contribution >= 0.6 is 56.7 Å². The number of fused-ring (bicyclic) bond motifs is 25. The van der Waals surface area contributed by atoms with Crippen LogP contribution in [0.2, 0.25) is 0 Å². The van der Waals surface area contributed by atoms with Gasteiger partial charge >= 0.3 is 0 Å². The molecule has 0 saturated heterocycles. The third-order valence-corrected chi connectivity index (χ3v) is 31.0. The summed E-state index contributed by atoms with van der Waals surface area (Å²) >= 11 is 8.92. The van der Waals surface area contributed by atoms with Crippen molar-refractivity contribution < 1.29 is 0 Å². The fourth-order valence-corrected chi connectivity index (χ4v) is 24.2. The predicted molar refractivity (Wildman–Crippen MR) is 595 cm³/mol. The molecule has 0 atom stereocenters. The normalized spacial score (nSPS) is 11.6. The summed E-state index contributed by atoms with van der Waals surface area (Å²) in [6.45, 7) is 0. The molecule has 16 aromatic heterocycles. The molecule has 0 saturated carbocycles. The minimum absolute atomic E-state index is 0.930. The first-order valence-corrected chi connectivity index (χ1v) is 50.8. The van der Waals surface area contributed by atoms with E-state index in [0.717, 1.165) is 62.5 Å². The lowest BCUT2D eigenvalue weighted by Gasteiger charge is -2.10. The molecule has 30 aromatic rings. The molecular weight excluding hydrogens is 1800 g/mol. The van der Waals surface area contributed by atoms with Gasteiger partial charge in [0.2, 0.25) is 0 Å².